The highest BCUT2D eigenvalue weighted by Crippen LogP contribution is 2.27. The number of nitrogens with two attached hydrogens (primary N) is 1. The van der Waals surface area contributed by atoms with E-state index < -0.39 is 23.8 Å². The van der Waals surface area contributed by atoms with Gasteiger partial charge in [-0.2, -0.15) is 13.2 Å². The molecular formula is C9H10F3N3O. The molecule has 1 rings (SSSR count). The van der Waals surface area contributed by atoms with Crippen molar-refractivity contribution in [3.63, 3.8) is 0 Å². The lowest BCUT2D eigenvalue weighted by molar-refractivity contribution is -0.141. The van der Waals surface area contributed by atoms with E-state index in [1.165, 1.54) is 6.92 Å². The molecule has 3 N–H and O–H groups in total. The van der Waals surface area contributed by atoms with E-state index in [0.717, 1.165) is 18.3 Å². The number of hydrogen-bond acceptors (Lipinski definition) is 3. The Balaban J connectivity index is 2.76. The summed E-state index contributed by atoms with van der Waals surface area (Å²) in [5.74, 6) is -0.485. The first-order valence-electron chi connectivity index (χ1n) is 4.40. The number of halogens is 3. The molecule has 88 valence electrons. The van der Waals surface area contributed by atoms with Gasteiger partial charge in [-0.15, -0.1) is 0 Å². The van der Waals surface area contributed by atoms with Gasteiger partial charge in [0.05, 0.1) is 17.9 Å². The molecule has 7 heteroatoms. The molecule has 1 amide bonds. The highest BCUT2D eigenvalue weighted by atomic mass is 19.4. The van der Waals surface area contributed by atoms with Crippen LogP contribution in [0.5, 0.6) is 0 Å². The van der Waals surface area contributed by atoms with Gasteiger partial charge < -0.3 is 11.1 Å². The van der Waals surface area contributed by atoms with Gasteiger partial charge in [-0.1, -0.05) is 0 Å². The molecule has 1 aromatic heterocycles. The average Bonchev–Trinajstić information content (AvgIpc) is 2.17. The van der Waals surface area contributed by atoms with Crippen LogP contribution in [0, 0.1) is 0 Å². The molecule has 0 saturated heterocycles. The third-order valence-electron chi connectivity index (χ3n) is 1.74. The molecule has 1 aromatic rings. The first-order valence-corrected chi connectivity index (χ1v) is 4.40. The maximum atomic E-state index is 12.1. The lowest BCUT2D eigenvalue weighted by atomic mass is 10.3. The SMILES string of the molecule is CC(N)C(=O)Nc1ccc(C(F)(F)F)nc1. The molecule has 0 aromatic carbocycles. The van der Waals surface area contributed by atoms with Gasteiger partial charge in [-0.05, 0) is 19.1 Å². The molecule has 1 atom stereocenters. The molecule has 4 nitrogen and oxygen atoms in total. The lowest BCUT2D eigenvalue weighted by Gasteiger charge is -2.09. The first-order chi connectivity index (χ1) is 7.30. The van der Waals surface area contributed by atoms with Crippen molar-refractivity contribution in [2.24, 2.45) is 5.73 Å². The van der Waals surface area contributed by atoms with Gasteiger partial charge in [0.25, 0.3) is 0 Å². The quantitative estimate of drug-likeness (QED) is 0.811. The zero-order valence-electron chi connectivity index (χ0n) is 8.38. The van der Waals surface area contributed by atoms with Crippen LogP contribution in [0.1, 0.15) is 12.6 Å². The second-order valence-electron chi connectivity index (χ2n) is 3.21. The Morgan fingerprint density at radius 3 is 2.50 bits per heavy atom. The minimum atomic E-state index is -4.48. The molecular weight excluding hydrogens is 223 g/mol. The normalized spacial score (nSPS) is 13.3. The molecule has 0 radical (unpaired) electrons. The summed E-state index contributed by atoms with van der Waals surface area (Å²) in [6, 6.07) is 1.18. The van der Waals surface area contributed by atoms with Gasteiger partial charge in [0.15, 0.2) is 0 Å². The number of nitrogens with one attached hydrogen (secondary N) is 1. The van der Waals surface area contributed by atoms with Crippen molar-refractivity contribution >= 4 is 11.6 Å². The minimum Gasteiger partial charge on any atom is -0.323 e. The predicted molar refractivity (Wildman–Crippen MR) is 51.5 cm³/mol. The minimum absolute atomic E-state index is 0.176. The smallest absolute Gasteiger partial charge is 0.323 e. The molecule has 1 unspecified atom stereocenters. The molecule has 16 heavy (non-hydrogen) atoms. The van der Waals surface area contributed by atoms with Crippen LogP contribution in [-0.4, -0.2) is 16.9 Å². The summed E-state index contributed by atoms with van der Waals surface area (Å²) in [6.45, 7) is 1.47. The summed E-state index contributed by atoms with van der Waals surface area (Å²) >= 11 is 0. The van der Waals surface area contributed by atoms with Gasteiger partial charge in [0.1, 0.15) is 5.69 Å². The van der Waals surface area contributed by atoms with Crippen LogP contribution in [-0.2, 0) is 11.0 Å². The van der Waals surface area contributed by atoms with E-state index in [-0.39, 0.29) is 5.69 Å². The van der Waals surface area contributed by atoms with E-state index in [2.05, 4.69) is 10.3 Å². The van der Waals surface area contributed by atoms with Crippen LogP contribution in [0.2, 0.25) is 0 Å². The summed E-state index contributed by atoms with van der Waals surface area (Å²) in [5, 5.41) is 2.33. The predicted octanol–water partition coefficient (Wildman–Crippen LogP) is 1.39. The maximum absolute atomic E-state index is 12.1. The van der Waals surface area contributed by atoms with Crippen LogP contribution in [0.25, 0.3) is 0 Å². The number of hydrogen-bond donors (Lipinski definition) is 2. The number of pyridine rings is 1. The fourth-order valence-electron chi connectivity index (χ4n) is 0.892. The molecule has 0 aliphatic carbocycles. The molecule has 0 fully saturated rings. The zero-order valence-corrected chi connectivity index (χ0v) is 8.38. The Hall–Kier alpha value is -1.63. The summed E-state index contributed by atoms with van der Waals surface area (Å²) in [4.78, 5) is 14.3. The standard InChI is InChI=1S/C9H10F3N3O/c1-5(13)8(16)15-6-2-3-7(14-4-6)9(10,11)12/h2-5H,13H2,1H3,(H,15,16). The van der Waals surface area contributed by atoms with Crippen LogP contribution >= 0.6 is 0 Å². The number of anilines is 1. The van der Waals surface area contributed by atoms with E-state index in [1.54, 1.807) is 0 Å². The van der Waals surface area contributed by atoms with Crippen molar-refractivity contribution in [2.75, 3.05) is 5.32 Å². The number of alkyl halides is 3. The first kappa shape index (κ1) is 12.4. The van der Waals surface area contributed by atoms with Crippen molar-refractivity contribution in [2.45, 2.75) is 19.1 Å². The van der Waals surface area contributed by atoms with Crippen molar-refractivity contribution in [1.29, 1.82) is 0 Å². The topological polar surface area (TPSA) is 68.0 Å². The van der Waals surface area contributed by atoms with Crippen molar-refractivity contribution in [3.8, 4) is 0 Å². The Morgan fingerprint density at radius 2 is 2.12 bits per heavy atom. The Labute approximate surface area is 89.7 Å². The third-order valence-corrected chi connectivity index (χ3v) is 1.74. The van der Waals surface area contributed by atoms with Crippen LogP contribution < -0.4 is 11.1 Å². The highest BCUT2D eigenvalue weighted by Gasteiger charge is 2.32. The van der Waals surface area contributed by atoms with Gasteiger partial charge in [0.2, 0.25) is 5.91 Å². The number of rotatable bonds is 2. The Morgan fingerprint density at radius 1 is 1.50 bits per heavy atom. The Kier molecular flexibility index (Phi) is 3.48. The second kappa shape index (κ2) is 4.48. The van der Waals surface area contributed by atoms with Crippen LogP contribution in [0.15, 0.2) is 18.3 Å². The van der Waals surface area contributed by atoms with Crippen LogP contribution in [0.4, 0.5) is 18.9 Å². The van der Waals surface area contributed by atoms with Gasteiger partial charge in [0, 0.05) is 0 Å². The van der Waals surface area contributed by atoms with Crippen molar-refractivity contribution in [3.05, 3.63) is 24.0 Å². The Bertz CT molecular complexity index is 373. The third kappa shape index (κ3) is 3.20. The highest BCUT2D eigenvalue weighted by molar-refractivity contribution is 5.94. The lowest BCUT2D eigenvalue weighted by Crippen LogP contribution is -2.32. The summed E-state index contributed by atoms with van der Waals surface area (Å²) in [5.41, 5.74) is 4.44. The van der Waals surface area contributed by atoms with Gasteiger partial charge >= 0.3 is 6.18 Å². The molecule has 0 aliphatic rings. The largest absolute Gasteiger partial charge is 0.433 e. The van der Waals surface area contributed by atoms with E-state index in [0.29, 0.717) is 0 Å². The molecule has 1 heterocycles. The average molecular weight is 233 g/mol. The van der Waals surface area contributed by atoms with E-state index in [9.17, 15) is 18.0 Å². The van der Waals surface area contributed by atoms with E-state index in [4.69, 9.17) is 5.73 Å². The van der Waals surface area contributed by atoms with Crippen molar-refractivity contribution < 1.29 is 18.0 Å². The van der Waals surface area contributed by atoms with Crippen molar-refractivity contribution in [1.82, 2.24) is 4.98 Å². The van der Waals surface area contributed by atoms with E-state index >= 15 is 0 Å². The zero-order chi connectivity index (χ0) is 12.3. The number of carbonyl (C=O) groups excluding carboxylic acids is 1. The number of carbonyl (C=O) groups is 1. The second-order valence-corrected chi connectivity index (χ2v) is 3.21. The summed E-state index contributed by atoms with van der Waals surface area (Å²) in [6.07, 6.45) is -3.55. The number of nitrogens with zero attached hydrogens (tertiary/aromatic N) is 1. The molecule has 0 bridgehead atoms. The maximum Gasteiger partial charge on any atom is 0.433 e. The van der Waals surface area contributed by atoms with Gasteiger partial charge in [-0.3, -0.25) is 4.79 Å². The number of amides is 1. The monoisotopic (exact) mass is 233 g/mol. The molecule has 0 saturated carbocycles. The summed E-state index contributed by atoms with van der Waals surface area (Å²) < 4.78 is 36.4. The van der Waals surface area contributed by atoms with Crippen LogP contribution in [0.3, 0.4) is 0 Å². The number of aromatic nitrogens is 1. The molecule has 0 spiro atoms. The fourth-order valence-corrected chi connectivity index (χ4v) is 0.892. The van der Waals surface area contributed by atoms with E-state index in [1.807, 2.05) is 0 Å². The fraction of sp³-hybridized carbons (Fsp3) is 0.333. The summed E-state index contributed by atoms with van der Waals surface area (Å²) in [7, 11) is 0. The van der Waals surface area contributed by atoms with Gasteiger partial charge in [-0.25, -0.2) is 4.98 Å². The molecule has 0 aliphatic heterocycles.